The molecule has 2 aromatic carbocycles. The van der Waals surface area contributed by atoms with Gasteiger partial charge in [-0.15, -0.1) is 0 Å². The molecule has 0 aliphatic rings. The first-order valence-corrected chi connectivity index (χ1v) is 6.93. The SMILES string of the molecule is N#CC(NCc1ccccc1)=C(C#N)NCc1ccccc1. The molecule has 0 saturated carbocycles. The van der Waals surface area contributed by atoms with Crippen LogP contribution in [0.3, 0.4) is 0 Å². The van der Waals surface area contributed by atoms with Crippen molar-refractivity contribution in [3.8, 4) is 12.1 Å². The largest absolute Gasteiger partial charge is 0.370 e. The molecular weight excluding hydrogens is 272 g/mol. The molecule has 0 aliphatic heterocycles. The predicted octanol–water partition coefficient (Wildman–Crippen LogP) is 2.82. The van der Waals surface area contributed by atoms with E-state index in [2.05, 4.69) is 10.6 Å². The maximum atomic E-state index is 9.24. The lowest BCUT2D eigenvalue weighted by molar-refractivity contribution is 0.774. The van der Waals surface area contributed by atoms with Gasteiger partial charge in [0.1, 0.15) is 23.5 Å². The van der Waals surface area contributed by atoms with Crippen molar-refractivity contribution in [1.29, 1.82) is 10.5 Å². The van der Waals surface area contributed by atoms with E-state index < -0.39 is 0 Å². The van der Waals surface area contributed by atoms with E-state index in [1.54, 1.807) is 0 Å². The van der Waals surface area contributed by atoms with Crippen molar-refractivity contribution >= 4 is 0 Å². The Morgan fingerprint density at radius 3 is 1.36 bits per heavy atom. The monoisotopic (exact) mass is 288 g/mol. The number of hydrogen-bond donors (Lipinski definition) is 2. The molecule has 0 spiro atoms. The Morgan fingerprint density at radius 1 is 0.682 bits per heavy atom. The second-order valence-corrected chi connectivity index (χ2v) is 4.65. The second kappa shape index (κ2) is 8.14. The number of allylic oxidation sites excluding steroid dienone is 2. The summed E-state index contributed by atoms with van der Waals surface area (Å²) in [4.78, 5) is 0. The van der Waals surface area contributed by atoms with Crippen molar-refractivity contribution in [2.75, 3.05) is 0 Å². The van der Waals surface area contributed by atoms with Crippen LogP contribution >= 0.6 is 0 Å². The molecule has 0 atom stereocenters. The average Bonchev–Trinajstić information content (AvgIpc) is 2.59. The normalized spacial score (nSPS) is 10.8. The van der Waals surface area contributed by atoms with E-state index in [1.165, 1.54) is 0 Å². The van der Waals surface area contributed by atoms with Gasteiger partial charge < -0.3 is 10.6 Å². The van der Waals surface area contributed by atoms with E-state index in [-0.39, 0.29) is 11.4 Å². The Hall–Kier alpha value is -3.24. The van der Waals surface area contributed by atoms with Crippen LogP contribution in [-0.4, -0.2) is 0 Å². The van der Waals surface area contributed by atoms with Crippen molar-refractivity contribution < 1.29 is 0 Å². The number of nitrogens with zero attached hydrogens (tertiary/aromatic N) is 2. The molecule has 0 amide bonds. The Kier molecular flexibility index (Phi) is 5.61. The summed E-state index contributed by atoms with van der Waals surface area (Å²) < 4.78 is 0. The van der Waals surface area contributed by atoms with Gasteiger partial charge in [0.15, 0.2) is 0 Å². The molecule has 0 bridgehead atoms. The fourth-order valence-electron chi connectivity index (χ4n) is 1.94. The summed E-state index contributed by atoms with van der Waals surface area (Å²) >= 11 is 0. The molecule has 0 unspecified atom stereocenters. The average molecular weight is 288 g/mol. The Morgan fingerprint density at radius 2 is 1.05 bits per heavy atom. The molecule has 2 N–H and O–H groups in total. The second-order valence-electron chi connectivity index (χ2n) is 4.65. The highest BCUT2D eigenvalue weighted by Crippen LogP contribution is 2.04. The fourth-order valence-corrected chi connectivity index (χ4v) is 1.94. The number of nitriles is 2. The summed E-state index contributed by atoms with van der Waals surface area (Å²) in [5.41, 5.74) is 2.61. The standard InChI is InChI=1S/C18H16N4/c19-11-17(21-13-15-7-3-1-4-8-15)18(12-20)22-14-16-9-5-2-6-10-16/h1-10,21-22H,13-14H2. The lowest BCUT2D eigenvalue weighted by Crippen LogP contribution is -2.21. The van der Waals surface area contributed by atoms with Gasteiger partial charge in [0.25, 0.3) is 0 Å². The van der Waals surface area contributed by atoms with Gasteiger partial charge >= 0.3 is 0 Å². The molecule has 4 nitrogen and oxygen atoms in total. The third-order valence-corrected chi connectivity index (χ3v) is 3.10. The lowest BCUT2D eigenvalue weighted by Gasteiger charge is -2.09. The van der Waals surface area contributed by atoms with Gasteiger partial charge in [-0.05, 0) is 11.1 Å². The molecule has 0 saturated heterocycles. The van der Waals surface area contributed by atoms with E-state index in [1.807, 2.05) is 72.8 Å². The molecule has 108 valence electrons. The van der Waals surface area contributed by atoms with Crippen molar-refractivity contribution in [2.24, 2.45) is 0 Å². The topological polar surface area (TPSA) is 71.6 Å². The summed E-state index contributed by atoms with van der Waals surface area (Å²) in [7, 11) is 0. The Labute approximate surface area is 130 Å². The number of hydrogen-bond acceptors (Lipinski definition) is 4. The fraction of sp³-hybridized carbons (Fsp3) is 0.111. The highest BCUT2D eigenvalue weighted by atomic mass is 15.0. The summed E-state index contributed by atoms with van der Waals surface area (Å²) in [5, 5.41) is 24.5. The maximum absolute atomic E-state index is 9.24. The van der Waals surface area contributed by atoms with Crippen molar-refractivity contribution in [2.45, 2.75) is 13.1 Å². The zero-order valence-corrected chi connectivity index (χ0v) is 12.1. The van der Waals surface area contributed by atoms with E-state index in [9.17, 15) is 10.5 Å². The minimum absolute atomic E-state index is 0.252. The number of nitrogens with one attached hydrogen (secondary N) is 2. The molecule has 0 heterocycles. The van der Waals surface area contributed by atoms with Crippen LogP contribution in [0.25, 0.3) is 0 Å². The van der Waals surface area contributed by atoms with E-state index in [0.717, 1.165) is 11.1 Å². The third-order valence-electron chi connectivity index (χ3n) is 3.10. The van der Waals surface area contributed by atoms with Crippen LogP contribution in [0.2, 0.25) is 0 Å². The Balaban J connectivity index is 2.02. The first kappa shape index (κ1) is 15.2. The number of rotatable bonds is 6. The van der Waals surface area contributed by atoms with Gasteiger partial charge in [-0.2, -0.15) is 10.5 Å². The van der Waals surface area contributed by atoms with Crippen molar-refractivity contribution in [3.63, 3.8) is 0 Å². The molecule has 0 radical (unpaired) electrons. The highest BCUT2D eigenvalue weighted by Gasteiger charge is 2.06. The van der Waals surface area contributed by atoms with Gasteiger partial charge in [-0.25, -0.2) is 0 Å². The molecule has 2 rings (SSSR count). The van der Waals surface area contributed by atoms with Gasteiger partial charge in [-0.1, -0.05) is 60.7 Å². The molecule has 0 aliphatic carbocycles. The Bertz CT molecular complexity index is 643. The maximum Gasteiger partial charge on any atom is 0.148 e. The van der Waals surface area contributed by atoms with Gasteiger partial charge in [-0.3, -0.25) is 0 Å². The predicted molar refractivity (Wildman–Crippen MR) is 84.8 cm³/mol. The molecular formula is C18H16N4. The number of benzene rings is 2. The molecule has 0 fully saturated rings. The minimum atomic E-state index is 0.252. The van der Waals surface area contributed by atoms with E-state index in [4.69, 9.17) is 0 Å². The lowest BCUT2D eigenvalue weighted by atomic mass is 10.2. The van der Waals surface area contributed by atoms with Crippen LogP contribution in [0.15, 0.2) is 72.1 Å². The van der Waals surface area contributed by atoms with Crippen LogP contribution in [0, 0.1) is 22.7 Å². The van der Waals surface area contributed by atoms with Crippen LogP contribution in [0.5, 0.6) is 0 Å². The van der Waals surface area contributed by atoms with Crippen LogP contribution < -0.4 is 10.6 Å². The minimum Gasteiger partial charge on any atom is -0.370 e. The smallest absolute Gasteiger partial charge is 0.148 e. The van der Waals surface area contributed by atoms with Gasteiger partial charge in [0.05, 0.1) is 0 Å². The van der Waals surface area contributed by atoms with E-state index in [0.29, 0.717) is 13.1 Å². The molecule has 4 heteroatoms. The van der Waals surface area contributed by atoms with E-state index >= 15 is 0 Å². The van der Waals surface area contributed by atoms with Crippen LogP contribution in [-0.2, 0) is 13.1 Å². The zero-order valence-electron chi connectivity index (χ0n) is 12.1. The quantitative estimate of drug-likeness (QED) is 0.802. The zero-order chi connectivity index (χ0) is 15.6. The summed E-state index contributed by atoms with van der Waals surface area (Å²) in [6.07, 6.45) is 0. The van der Waals surface area contributed by atoms with Crippen LogP contribution in [0.4, 0.5) is 0 Å². The van der Waals surface area contributed by atoms with Crippen molar-refractivity contribution in [1.82, 2.24) is 10.6 Å². The van der Waals surface area contributed by atoms with Gasteiger partial charge in [0, 0.05) is 13.1 Å². The molecule has 0 aromatic heterocycles. The summed E-state index contributed by atoms with van der Waals surface area (Å²) in [6.45, 7) is 1.00. The van der Waals surface area contributed by atoms with Crippen LogP contribution in [0.1, 0.15) is 11.1 Å². The highest BCUT2D eigenvalue weighted by molar-refractivity contribution is 5.35. The molecule has 2 aromatic rings. The molecule has 22 heavy (non-hydrogen) atoms. The first-order valence-electron chi connectivity index (χ1n) is 6.93. The first-order chi connectivity index (χ1) is 10.8. The summed E-state index contributed by atoms with van der Waals surface area (Å²) in [6, 6.07) is 23.6. The summed E-state index contributed by atoms with van der Waals surface area (Å²) in [5.74, 6) is 0. The van der Waals surface area contributed by atoms with Gasteiger partial charge in [0.2, 0.25) is 0 Å². The van der Waals surface area contributed by atoms with Crippen molar-refractivity contribution in [3.05, 3.63) is 83.2 Å². The third kappa shape index (κ3) is 4.40.